The lowest BCUT2D eigenvalue weighted by atomic mass is 10.2. The van der Waals surface area contributed by atoms with Crippen molar-refractivity contribution in [2.24, 2.45) is 0 Å². The Morgan fingerprint density at radius 2 is 2.14 bits per heavy atom. The Balaban J connectivity index is 2.14. The predicted molar refractivity (Wildman–Crippen MR) is 85.8 cm³/mol. The van der Waals surface area contributed by atoms with Crippen molar-refractivity contribution in [2.45, 2.75) is 13.3 Å². The zero-order chi connectivity index (χ0) is 15.4. The Kier molecular flexibility index (Phi) is 4.29. The van der Waals surface area contributed by atoms with Crippen molar-refractivity contribution in [1.29, 1.82) is 0 Å². The summed E-state index contributed by atoms with van der Waals surface area (Å²) >= 11 is 1.54. The van der Waals surface area contributed by atoms with E-state index >= 15 is 0 Å². The number of rotatable bonds is 6. The molecular formula is C16H15N3O2S. The summed E-state index contributed by atoms with van der Waals surface area (Å²) in [6, 6.07) is 11.5. The average molecular weight is 313 g/mol. The number of hydrogen-bond acceptors (Lipinski definition) is 5. The number of para-hydroxylation sites is 2. The van der Waals surface area contributed by atoms with E-state index in [0.29, 0.717) is 18.0 Å². The van der Waals surface area contributed by atoms with Gasteiger partial charge in [-0.05, 0) is 30.0 Å². The number of nitrogens with zero attached hydrogens (tertiary/aromatic N) is 3. The molecule has 1 aromatic carbocycles. The molecule has 5 nitrogen and oxygen atoms in total. The van der Waals surface area contributed by atoms with Crippen LogP contribution < -0.4 is 4.74 Å². The summed E-state index contributed by atoms with van der Waals surface area (Å²) < 4.78 is 7.45. The Hall–Kier alpha value is -2.47. The highest BCUT2D eigenvalue weighted by Gasteiger charge is 2.18. The van der Waals surface area contributed by atoms with E-state index < -0.39 is 0 Å². The smallest absolute Gasteiger partial charge is 0.172 e. The van der Waals surface area contributed by atoms with Crippen LogP contribution in [0.4, 0.5) is 0 Å². The second kappa shape index (κ2) is 6.53. The Labute approximate surface area is 132 Å². The number of carbonyl (C=O) groups is 1. The average Bonchev–Trinajstić information content (AvgIpc) is 3.21. The molecule has 0 bridgehead atoms. The molecule has 2 heterocycles. The molecule has 0 atom stereocenters. The van der Waals surface area contributed by atoms with Gasteiger partial charge in [0.05, 0.1) is 11.5 Å². The molecule has 0 fully saturated rings. The van der Waals surface area contributed by atoms with E-state index in [1.807, 2.05) is 41.8 Å². The van der Waals surface area contributed by atoms with Crippen molar-refractivity contribution in [3.8, 4) is 22.0 Å². The lowest BCUT2D eigenvalue weighted by Crippen LogP contribution is -2.04. The lowest BCUT2D eigenvalue weighted by Gasteiger charge is -2.12. The molecule has 0 radical (unpaired) electrons. The van der Waals surface area contributed by atoms with Gasteiger partial charge in [-0.1, -0.05) is 30.3 Å². The van der Waals surface area contributed by atoms with Gasteiger partial charge in [0, 0.05) is 0 Å². The van der Waals surface area contributed by atoms with Crippen LogP contribution in [0.15, 0.2) is 41.8 Å². The van der Waals surface area contributed by atoms with Crippen LogP contribution in [0, 0.1) is 0 Å². The van der Waals surface area contributed by atoms with Crippen LogP contribution in [-0.4, -0.2) is 27.9 Å². The maximum Gasteiger partial charge on any atom is 0.172 e. The highest BCUT2D eigenvalue weighted by Crippen LogP contribution is 2.31. The molecule has 3 rings (SSSR count). The van der Waals surface area contributed by atoms with E-state index in [2.05, 4.69) is 17.2 Å². The fourth-order valence-corrected chi connectivity index (χ4v) is 2.92. The predicted octanol–water partition coefficient (Wildman–Crippen LogP) is 3.60. The highest BCUT2D eigenvalue weighted by molar-refractivity contribution is 7.13. The molecule has 0 aliphatic rings. The molecule has 0 aliphatic carbocycles. The summed E-state index contributed by atoms with van der Waals surface area (Å²) in [4.78, 5) is 12.2. The Bertz CT molecular complexity index is 766. The van der Waals surface area contributed by atoms with E-state index in [0.717, 1.165) is 29.0 Å². The zero-order valence-electron chi connectivity index (χ0n) is 12.1. The number of ether oxygens (including phenoxy) is 1. The number of carbonyl (C=O) groups excluding carboxylic acids is 1. The van der Waals surface area contributed by atoms with Crippen molar-refractivity contribution in [3.05, 3.63) is 47.5 Å². The van der Waals surface area contributed by atoms with Crippen LogP contribution >= 0.6 is 11.3 Å². The topological polar surface area (TPSA) is 57.0 Å². The summed E-state index contributed by atoms with van der Waals surface area (Å²) in [5.74, 6) is 0.726. The van der Waals surface area contributed by atoms with Gasteiger partial charge in [-0.2, -0.15) is 0 Å². The largest absolute Gasteiger partial charge is 0.491 e. The Morgan fingerprint density at radius 3 is 2.86 bits per heavy atom. The van der Waals surface area contributed by atoms with Gasteiger partial charge in [-0.3, -0.25) is 4.79 Å². The van der Waals surface area contributed by atoms with Crippen LogP contribution in [0.3, 0.4) is 0 Å². The van der Waals surface area contributed by atoms with E-state index in [1.165, 1.54) is 0 Å². The molecule has 112 valence electrons. The fourth-order valence-electron chi connectivity index (χ4n) is 2.15. The minimum absolute atomic E-state index is 0.327. The van der Waals surface area contributed by atoms with Crippen molar-refractivity contribution >= 4 is 17.6 Å². The summed E-state index contributed by atoms with van der Waals surface area (Å²) in [5.41, 5.74) is 1.80. The first kappa shape index (κ1) is 14.5. The minimum Gasteiger partial charge on any atom is -0.491 e. The SMILES string of the molecule is CCCOc1ccccc1-n1nnc(C=O)c1-c1cccs1. The molecule has 0 spiro atoms. The molecular weight excluding hydrogens is 298 g/mol. The van der Waals surface area contributed by atoms with E-state index in [-0.39, 0.29) is 0 Å². The molecule has 3 aromatic rings. The van der Waals surface area contributed by atoms with Crippen LogP contribution in [0.5, 0.6) is 5.75 Å². The molecule has 0 amide bonds. The molecule has 0 unspecified atom stereocenters. The highest BCUT2D eigenvalue weighted by atomic mass is 32.1. The molecule has 22 heavy (non-hydrogen) atoms. The first-order valence-corrected chi connectivity index (χ1v) is 7.90. The third-order valence-corrected chi connectivity index (χ3v) is 3.99. The Morgan fingerprint density at radius 1 is 1.27 bits per heavy atom. The normalized spacial score (nSPS) is 10.6. The van der Waals surface area contributed by atoms with Crippen molar-refractivity contribution < 1.29 is 9.53 Å². The summed E-state index contributed by atoms with van der Waals surface area (Å²) in [6.45, 7) is 2.68. The third kappa shape index (κ3) is 2.65. The second-order valence-electron chi connectivity index (χ2n) is 4.65. The van der Waals surface area contributed by atoms with Gasteiger partial charge in [-0.15, -0.1) is 16.4 Å². The standard InChI is InChI=1S/C16H15N3O2S/c1-2-9-21-14-7-4-3-6-13(14)19-16(12(11-20)17-18-19)15-8-5-10-22-15/h3-8,10-11H,2,9H2,1H3. The number of aldehydes is 1. The van der Waals surface area contributed by atoms with Gasteiger partial charge < -0.3 is 4.74 Å². The van der Waals surface area contributed by atoms with Gasteiger partial charge in [0.15, 0.2) is 12.0 Å². The van der Waals surface area contributed by atoms with E-state index in [9.17, 15) is 4.79 Å². The van der Waals surface area contributed by atoms with Crippen LogP contribution in [-0.2, 0) is 0 Å². The minimum atomic E-state index is 0.327. The first-order chi connectivity index (χ1) is 10.8. The van der Waals surface area contributed by atoms with Gasteiger partial charge in [-0.25, -0.2) is 4.68 Å². The number of aromatic nitrogens is 3. The quantitative estimate of drug-likeness (QED) is 0.652. The number of thiophene rings is 1. The first-order valence-electron chi connectivity index (χ1n) is 7.02. The molecule has 6 heteroatoms. The zero-order valence-corrected chi connectivity index (χ0v) is 12.9. The monoisotopic (exact) mass is 313 g/mol. The number of hydrogen-bond donors (Lipinski definition) is 0. The van der Waals surface area contributed by atoms with Gasteiger partial charge in [0.1, 0.15) is 17.1 Å². The molecule has 2 aromatic heterocycles. The maximum absolute atomic E-state index is 11.3. The van der Waals surface area contributed by atoms with Gasteiger partial charge in [0.25, 0.3) is 0 Å². The van der Waals surface area contributed by atoms with Gasteiger partial charge >= 0.3 is 0 Å². The summed E-state index contributed by atoms with van der Waals surface area (Å²) in [6.07, 6.45) is 1.65. The number of benzene rings is 1. The molecule has 0 saturated carbocycles. The molecule has 0 aliphatic heterocycles. The van der Waals surface area contributed by atoms with Crippen LogP contribution in [0.25, 0.3) is 16.3 Å². The van der Waals surface area contributed by atoms with Crippen LogP contribution in [0.2, 0.25) is 0 Å². The van der Waals surface area contributed by atoms with Crippen molar-refractivity contribution in [3.63, 3.8) is 0 Å². The summed E-state index contributed by atoms with van der Waals surface area (Å²) in [7, 11) is 0. The fraction of sp³-hybridized carbons (Fsp3) is 0.188. The van der Waals surface area contributed by atoms with E-state index in [1.54, 1.807) is 16.0 Å². The van der Waals surface area contributed by atoms with Crippen molar-refractivity contribution in [1.82, 2.24) is 15.0 Å². The van der Waals surface area contributed by atoms with Crippen molar-refractivity contribution in [2.75, 3.05) is 6.61 Å². The lowest BCUT2D eigenvalue weighted by molar-refractivity contribution is 0.111. The molecule has 0 saturated heterocycles. The molecule has 0 N–H and O–H groups in total. The van der Waals surface area contributed by atoms with Gasteiger partial charge in [0.2, 0.25) is 0 Å². The second-order valence-corrected chi connectivity index (χ2v) is 5.59. The maximum atomic E-state index is 11.3. The van der Waals surface area contributed by atoms with Crippen LogP contribution in [0.1, 0.15) is 23.8 Å². The summed E-state index contributed by atoms with van der Waals surface area (Å²) in [5, 5.41) is 10.1. The third-order valence-electron chi connectivity index (χ3n) is 3.12. The van der Waals surface area contributed by atoms with E-state index in [4.69, 9.17) is 4.74 Å².